The zero-order chi connectivity index (χ0) is 27.6. The average molecular weight is 544 g/mol. The van der Waals surface area contributed by atoms with Crippen molar-refractivity contribution in [1.82, 2.24) is 4.57 Å². The quantitative estimate of drug-likeness (QED) is 0.185. The summed E-state index contributed by atoms with van der Waals surface area (Å²) >= 11 is 1.95. The SMILES string of the molecule is CCCCc1ccc2c(c1)sc1c(-n3c4[n+](c5ccccc53)C(C)(CC)C(C)(CC)c3ccccc3-4)cccc12. The van der Waals surface area contributed by atoms with Crippen LogP contribution in [0.25, 0.3) is 48.3 Å². The Hall–Kier alpha value is -3.43. The smallest absolute Gasteiger partial charge is 0.216 e. The second-order valence-electron chi connectivity index (χ2n) is 12.0. The summed E-state index contributed by atoms with van der Waals surface area (Å²) in [4.78, 5) is 0. The molecule has 0 saturated heterocycles. The van der Waals surface area contributed by atoms with Gasteiger partial charge in [0.15, 0.2) is 16.7 Å². The van der Waals surface area contributed by atoms with Crippen molar-refractivity contribution in [2.45, 2.75) is 77.7 Å². The van der Waals surface area contributed by atoms with Gasteiger partial charge in [0.05, 0.1) is 10.3 Å². The molecule has 2 aromatic heterocycles. The first kappa shape index (κ1) is 25.5. The zero-order valence-corrected chi connectivity index (χ0v) is 25.2. The average Bonchev–Trinajstić information content (AvgIpc) is 3.55. The molecular formula is C37H39N2S+. The van der Waals surface area contributed by atoms with Crippen molar-refractivity contribution in [3.8, 4) is 17.1 Å². The number of para-hydroxylation sites is 2. The number of hydrogen-bond acceptors (Lipinski definition) is 1. The number of fused-ring (bicyclic) bond motifs is 8. The molecule has 1 aliphatic rings. The Bertz CT molecular complexity index is 1910. The van der Waals surface area contributed by atoms with Crippen LogP contribution in [0.4, 0.5) is 0 Å². The van der Waals surface area contributed by atoms with Gasteiger partial charge in [-0.25, -0.2) is 4.57 Å². The lowest BCUT2D eigenvalue weighted by molar-refractivity contribution is -0.743. The van der Waals surface area contributed by atoms with Crippen LogP contribution in [0.15, 0.2) is 84.9 Å². The highest BCUT2D eigenvalue weighted by atomic mass is 32.1. The van der Waals surface area contributed by atoms with Crippen molar-refractivity contribution < 1.29 is 4.57 Å². The van der Waals surface area contributed by atoms with E-state index >= 15 is 0 Å². The molecule has 0 aliphatic carbocycles. The van der Waals surface area contributed by atoms with Gasteiger partial charge in [0.25, 0.3) is 5.82 Å². The molecule has 0 spiro atoms. The fourth-order valence-electron chi connectivity index (χ4n) is 7.51. The van der Waals surface area contributed by atoms with Gasteiger partial charge in [-0.05, 0) is 74.1 Å². The third kappa shape index (κ3) is 3.31. The van der Waals surface area contributed by atoms with Crippen LogP contribution in [0, 0.1) is 0 Å². The molecule has 6 aromatic rings. The van der Waals surface area contributed by atoms with Gasteiger partial charge in [-0.3, -0.25) is 0 Å². The molecule has 0 fully saturated rings. The van der Waals surface area contributed by atoms with E-state index in [1.54, 1.807) is 0 Å². The minimum atomic E-state index is -0.0709. The van der Waals surface area contributed by atoms with Crippen molar-refractivity contribution >= 4 is 42.5 Å². The van der Waals surface area contributed by atoms with Crippen molar-refractivity contribution in [2.75, 3.05) is 0 Å². The van der Waals surface area contributed by atoms with Gasteiger partial charge in [0.1, 0.15) is 5.54 Å². The standard InChI is InChI=1S/C37H39N2S/c1-6-9-15-25-22-23-26-27-17-14-21-32(34(27)40-33(26)24-25)38-30-19-12-13-20-31(30)39-35(38)28-16-10-11-18-29(28)36(4,7-2)37(39,5)8-3/h10-14,16-24H,6-9,15H2,1-5H3/q+1. The number of unbranched alkanes of at least 4 members (excludes halogenated alkanes) is 1. The van der Waals surface area contributed by atoms with E-state index in [0.29, 0.717) is 0 Å². The first-order chi connectivity index (χ1) is 19.5. The Morgan fingerprint density at radius 1 is 0.800 bits per heavy atom. The van der Waals surface area contributed by atoms with Crippen LogP contribution in [0.2, 0.25) is 0 Å². The molecule has 0 radical (unpaired) electrons. The minimum absolute atomic E-state index is 0.0173. The summed E-state index contributed by atoms with van der Waals surface area (Å²) in [5.74, 6) is 1.31. The van der Waals surface area contributed by atoms with E-state index in [0.717, 1.165) is 19.3 Å². The maximum absolute atomic E-state index is 2.70. The first-order valence-corrected chi connectivity index (χ1v) is 15.9. The largest absolute Gasteiger partial charge is 0.295 e. The number of hydrogen-bond donors (Lipinski definition) is 0. The van der Waals surface area contributed by atoms with Crippen LogP contribution >= 0.6 is 11.3 Å². The number of nitrogens with zero attached hydrogens (tertiary/aromatic N) is 2. The third-order valence-electron chi connectivity index (χ3n) is 10.2. The molecule has 40 heavy (non-hydrogen) atoms. The molecule has 3 heteroatoms. The van der Waals surface area contributed by atoms with E-state index < -0.39 is 0 Å². The summed E-state index contributed by atoms with van der Waals surface area (Å²) < 4.78 is 8.04. The van der Waals surface area contributed by atoms with Crippen LogP contribution in [0.3, 0.4) is 0 Å². The topological polar surface area (TPSA) is 8.81 Å². The Morgan fingerprint density at radius 2 is 1.60 bits per heavy atom. The zero-order valence-electron chi connectivity index (χ0n) is 24.4. The van der Waals surface area contributed by atoms with E-state index in [9.17, 15) is 0 Å². The fraction of sp³-hybridized carbons (Fsp3) is 0.324. The number of rotatable bonds is 6. The second-order valence-corrected chi connectivity index (χ2v) is 13.1. The van der Waals surface area contributed by atoms with E-state index in [4.69, 9.17) is 0 Å². The van der Waals surface area contributed by atoms with Crippen molar-refractivity contribution in [1.29, 1.82) is 0 Å². The van der Waals surface area contributed by atoms with E-state index in [-0.39, 0.29) is 11.0 Å². The summed E-state index contributed by atoms with van der Waals surface area (Å²) in [6, 6.07) is 32.3. The first-order valence-electron chi connectivity index (χ1n) is 15.1. The van der Waals surface area contributed by atoms with Gasteiger partial charge < -0.3 is 0 Å². The summed E-state index contributed by atoms with van der Waals surface area (Å²) in [5.41, 5.74) is 8.10. The number of thiophene rings is 1. The van der Waals surface area contributed by atoms with Gasteiger partial charge in [-0.1, -0.05) is 88.7 Å². The van der Waals surface area contributed by atoms with Gasteiger partial charge in [0.2, 0.25) is 0 Å². The number of aromatic nitrogens is 2. The molecule has 4 aromatic carbocycles. The molecule has 0 saturated carbocycles. The Kier molecular flexibility index (Phi) is 5.94. The highest BCUT2D eigenvalue weighted by Crippen LogP contribution is 2.51. The van der Waals surface area contributed by atoms with Crippen LogP contribution in [-0.4, -0.2) is 4.57 Å². The van der Waals surface area contributed by atoms with E-state index in [1.165, 1.54) is 72.2 Å². The van der Waals surface area contributed by atoms with Gasteiger partial charge >= 0.3 is 0 Å². The highest BCUT2D eigenvalue weighted by Gasteiger charge is 2.56. The normalized spacial score (nSPS) is 20.3. The molecule has 7 rings (SSSR count). The summed E-state index contributed by atoms with van der Waals surface area (Å²) in [5, 5.41) is 2.73. The molecule has 0 bridgehead atoms. The molecular weight excluding hydrogens is 504 g/mol. The predicted octanol–water partition coefficient (Wildman–Crippen LogP) is 10.1. The van der Waals surface area contributed by atoms with Gasteiger partial charge in [-0.15, -0.1) is 11.3 Å². The summed E-state index contributed by atoms with van der Waals surface area (Å²) in [7, 11) is 0. The van der Waals surface area contributed by atoms with Gasteiger partial charge in [-0.2, -0.15) is 4.57 Å². The molecule has 3 heterocycles. The molecule has 1 aliphatic heterocycles. The van der Waals surface area contributed by atoms with Crippen LogP contribution < -0.4 is 4.57 Å². The Morgan fingerprint density at radius 3 is 2.40 bits per heavy atom. The monoisotopic (exact) mass is 543 g/mol. The Labute approximate surface area is 241 Å². The predicted molar refractivity (Wildman–Crippen MR) is 172 cm³/mol. The van der Waals surface area contributed by atoms with E-state index in [2.05, 4.69) is 129 Å². The lowest BCUT2D eigenvalue weighted by Gasteiger charge is -2.47. The highest BCUT2D eigenvalue weighted by molar-refractivity contribution is 7.26. The lowest BCUT2D eigenvalue weighted by Crippen LogP contribution is -2.67. The lowest BCUT2D eigenvalue weighted by atomic mass is 9.61. The molecule has 2 unspecified atom stereocenters. The fourth-order valence-corrected chi connectivity index (χ4v) is 8.78. The van der Waals surface area contributed by atoms with Crippen molar-refractivity contribution in [2.24, 2.45) is 0 Å². The van der Waals surface area contributed by atoms with E-state index in [1.807, 2.05) is 11.3 Å². The van der Waals surface area contributed by atoms with Crippen LogP contribution in [0.1, 0.15) is 71.4 Å². The van der Waals surface area contributed by atoms with Crippen molar-refractivity contribution in [3.63, 3.8) is 0 Å². The molecule has 0 N–H and O–H groups in total. The molecule has 2 nitrogen and oxygen atoms in total. The Balaban J connectivity index is 1.60. The van der Waals surface area contributed by atoms with Gasteiger partial charge in [0, 0.05) is 20.9 Å². The van der Waals surface area contributed by atoms with Crippen LogP contribution in [0.5, 0.6) is 0 Å². The maximum atomic E-state index is 2.70. The number of aryl methyl sites for hydroxylation is 1. The number of imidazole rings is 1. The third-order valence-corrected chi connectivity index (χ3v) is 11.4. The molecule has 2 atom stereocenters. The number of benzene rings is 4. The minimum Gasteiger partial charge on any atom is -0.216 e. The molecule has 0 amide bonds. The second kappa shape index (κ2) is 9.31. The van der Waals surface area contributed by atoms with Crippen LogP contribution in [-0.2, 0) is 17.4 Å². The molecule has 202 valence electrons. The van der Waals surface area contributed by atoms with Crippen molar-refractivity contribution in [3.05, 3.63) is 96.1 Å². The summed E-state index contributed by atoms with van der Waals surface area (Å²) in [6.45, 7) is 12.0. The maximum Gasteiger partial charge on any atom is 0.295 e. The summed E-state index contributed by atoms with van der Waals surface area (Å²) in [6.07, 6.45) is 5.78.